The molecule has 0 saturated carbocycles. The molecule has 1 saturated heterocycles. The average molecular weight is 309 g/mol. The van der Waals surface area contributed by atoms with E-state index in [-0.39, 0.29) is 5.91 Å². The molecule has 4 nitrogen and oxygen atoms in total. The molecule has 0 radical (unpaired) electrons. The lowest BCUT2D eigenvalue weighted by Gasteiger charge is -2.27. The number of thioether (sulfide) groups is 1. The van der Waals surface area contributed by atoms with Crippen molar-refractivity contribution in [1.82, 2.24) is 4.90 Å². The number of rotatable bonds is 6. The Morgan fingerprint density at radius 2 is 2.00 bits per heavy atom. The van der Waals surface area contributed by atoms with Gasteiger partial charge in [0.15, 0.2) is 0 Å². The van der Waals surface area contributed by atoms with Gasteiger partial charge < -0.3 is 14.7 Å². The molecule has 1 aliphatic rings. The molecule has 0 spiro atoms. The third kappa shape index (κ3) is 5.69. The van der Waals surface area contributed by atoms with Gasteiger partial charge in [-0.25, -0.2) is 0 Å². The van der Waals surface area contributed by atoms with Crippen molar-refractivity contribution in [3.05, 3.63) is 29.8 Å². The number of benzene rings is 1. The molecule has 0 aromatic heterocycles. The van der Waals surface area contributed by atoms with E-state index in [0.717, 1.165) is 4.90 Å². The van der Waals surface area contributed by atoms with Crippen LogP contribution in [-0.2, 0) is 9.53 Å². The van der Waals surface area contributed by atoms with Crippen molar-refractivity contribution in [3.8, 4) is 0 Å². The van der Waals surface area contributed by atoms with E-state index < -0.39 is 6.10 Å². The Morgan fingerprint density at radius 1 is 1.33 bits per heavy atom. The highest BCUT2D eigenvalue weighted by molar-refractivity contribution is 7.99. The Balaban J connectivity index is 1.65. The monoisotopic (exact) mass is 309 g/mol. The average Bonchev–Trinajstić information content (AvgIpc) is 2.53. The molecule has 5 heteroatoms. The molecule has 1 fully saturated rings. The molecule has 1 aromatic rings. The summed E-state index contributed by atoms with van der Waals surface area (Å²) in [4.78, 5) is 14.9. The summed E-state index contributed by atoms with van der Waals surface area (Å²) in [6.07, 6.45) is 0.492. The normalized spacial score (nSPS) is 16.8. The summed E-state index contributed by atoms with van der Waals surface area (Å²) in [6.45, 7) is 4.65. The van der Waals surface area contributed by atoms with Crippen molar-refractivity contribution in [1.29, 1.82) is 0 Å². The number of hydrogen-bond donors (Lipinski definition) is 1. The van der Waals surface area contributed by atoms with Crippen molar-refractivity contribution in [2.75, 3.05) is 32.1 Å². The first-order chi connectivity index (χ1) is 10.1. The summed E-state index contributed by atoms with van der Waals surface area (Å²) in [5, 5.41) is 10.00. The molecular formula is C16H23NO3S. The van der Waals surface area contributed by atoms with Crippen LogP contribution in [0, 0.1) is 6.92 Å². The zero-order valence-electron chi connectivity index (χ0n) is 12.5. The second kappa shape index (κ2) is 8.41. The van der Waals surface area contributed by atoms with Crippen LogP contribution in [0.2, 0.25) is 0 Å². The summed E-state index contributed by atoms with van der Waals surface area (Å²) < 4.78 is 5.22. The van der Waals surface area contributed by atoms with Crippen molar-refractivity contribution >= 4 is 17.7 Å². The topological polar surface area (TPSA) is 49.8 Å². The minimum absolute atomic E-state index is 0.123. The highest BCUT2D eigenvalue weighted by Crippen LogP contribution is 2.20. The van der Waals surface area contributed by atoms with Gasteiger partial charge in [-0.15, -0.1) is 11.8 Å². The largest absolute Gasteiger partial charge is 0.392 e. The molecule has 1 heterocycles. The molecule has 21 heavy (non-hydrogen) atoms. The summed E-state index contributed by atoms with van der Waals surface area (Å²) in [5.74, 6) is 0.747. The van der Waals surface area contributed by atoms with Crippen LogP contribution in [-0.4, -0.2) is 54.1 Å². The van der Waals surface area contributed by atoms with Gasteiger partial charge in [-0.2, -0.15) is 0 Å². The lowest BCUT2D eigenvalue weighted by molar-refractivity contribution is -0.135. The van der Waals surface area contributed by atoms with Crippen molar-refractivity contribution < 1.29 is 14.6 Å². The van der Waals surface area contributed by atoms with Crippen molar-refractivity contribution in [2.24, 2.45) is 0 Å². The Bertz CT molecular complexity index is 443. The smallest absolute Gasteiger partial charge is 0.222 e. The number of hydrogen-bond acceptors (Lipinski definition) is 4. The first-order valence-corrected chi connectivity index (χ1v) is 8.37. The molecule has 2 rings (SSSR count). The summed E-state index contributed by atoms with van der Waals surface area (Å²) in [6, 6.07) is 8.25. The first-order valence-electron chi connectivity index (χ1n) is 7.38. The molecule has 1 aromatic carbocycles. The van der Waals surface area contributed by atoms with E-state index in [9.17, 15) is 9.90 Å². The van der Waals surface area contributed by atoms with Gasteiger partial charge in [0.1, 0.15) is 0 Å². The van der Waals surface area contributed by atoms with Crippen LogP contribution >= 0.6 is 11.8 Å². The third-order valence-electron chi connectivity index (χ3n) is 3.52. The van der Waals surface area contributed by atoms with E-state index in [0.29, 0.717) is 44.9 Å². The molecular weight excluding hydrogens is 286 g/mol. The minimum atomic E-state index is -0.443. The second-order valence-electron chi connectivity index (χ2n) is 5.31. The van der Waals surface area contributed by atoms with Gasteiger partial charge >= 0.3 is 0 Å². The van der Waals surface area contributed by atoms with Gasteiger partial charge in [-0.3, -0.25) is 4.79 Å². The van der Waals surface area contributed by atoms with Gasteiger partial charge in [-0.05, 0) is 25.5 Å². The lowest BCUT2D eigenvalue weighted by atomic mass is 10.2. The number of aliphatic hydroxyl groups excluding tert-OH is 1. The standard InChI is InChI=1S/C16H23NO3S/c1-13-2-5-15(6-3-13)21-12-14(18)4-7-16(19)17-8-10-20-11-9-17/h2-3,5-6,14,18H,4,7-12H2,1H3/t14-/m0/s1. The quantitative estimate of drug-likeness (QED) is 0.818. The number of carbonyl (C=O) groups is 1. The number of aliphatic hydroxyl groups is 1. The zero-order valence-corrected chi connectivity index (χ0v) is 13.3. The van der Waals surface area contributed by atoms with Crippen LogP contribution < -0.4 is 0 Å². The Hall–Kier alpha value is -1.04. The highest BCUT2D eigenvalue weighted by atomic mass is 32.2. The minimum Gasteiger partial charge on any atom is -0.392 e. The number of morpholine rings is 1. The van der Waals surface area contributed by atoms with Gasteiger partial charge in [0.2, 0.25) is 5.91 Å². The Morgan fingerprint density at radius 3 is 2.67 bits per heavy atom. The van der Waals surface area contributed by atoms with E-state index in [1.807, 2.05) is 4.90 Å². The van der Waals surface area contributed by atoms with Crippen LogP contribution in [0.25, 0.3) is 0 Å². The van der Waals surface area contributed by atoms with Crippen LogP contribution in [0.3, 0.4) is 0 Å². The summed E-state index contributed by atoms with van der Waals surface area (Å²) in [5.41, 5.74) is 1.23. The number of ether oxygens (including phenoxy) is 1. The van der Waals surface area contributed by atoms with E-state index in [1.54, 1.807) is 11.8 Å². The fourth-order valence-corrected chi connectivity index (χ4v) is 3.05. The zero-order chi connectivity index (χ0) is 15.1. The van der Waals surface area contributed by atoms with Crippen LogP contribution in [0.4, 0.5) is 0 Å². The predicted molar refractivity (Wildman–Crippen MR) is 84.5 cm³/mol. The van der Waals surface area contributed by atoms with Crippen LogP contribution in [0.1, 0.15) is 18.4 Å². The third-order valence-corrected chi connectivity index (χ3v) is 4.68. The SMILES string of the molecule is Cc1ccc(SC[C@@H](O)CCC(=O)N2CCOCC2)cc1. The highest BCUT2D eigenvalue weighted by Gasteiger charge is 2.17. The van der Waals surface area contributed by atoms with E-state index in [2.05, 4.69) is 31.2 Å². The molecule has 0 unspecified atom stereocenters. The van der Waals surface area contributed by atoms with Crippen LogP contribution in [0.5, 0.6) is 0 Å². The summed E-state index contributed by atoms with van der Waals surface area (Å²) in [7, 11) is 0. The number of nitrogens with zero attached hydrogens (tertiary/aromatic N) is 1. The fourth-order valence-electron chi connectivity index (χ4n) is 2.17. The van der Waals surface area contributed by atoms with Gasteiger partial charge in [0.05, 0.1) is 19.3 Å². The van der Waals surface area contributed by atoms with Crippen LogP contribution in [0.15, 0.2) is 29.2 Å². The number of carbonyl (C=O) groups excluding carboxylic acids is 1. The maximum Gasteiger partial charge on any atom is 0.222 e. The first kappa shape index (κ1) is 16.3. The summed E-state index contributed by atoms with van der Waals surface area (Å²) >= 11 is 1.63. The molecule has 0 bridgehead atoms. The molecule has 1 N–H and O–H groups in total. The van der Waals surface area contributed by atoms with Gasteiger partial charge in [0.25, 0.3) is 0 Å². The van der Waals surface area contributed by atoms with E-state index in [1.165, 1.54) is 5.56 Å². The maximum absolute atomic E-state index is 12.0. The van der Waals surface area contributed by atoms with E-state index >= 15 is 0 Å². The molecule has 1 atom stereocenters. The molecule has 1 aliphatic heterocycles. The Labute approximate surface area is 130 Å². The van der Waals surface area contributed by atoms with Gasteiger partial charge in [0, 0.05) is 30.2 Å². The predicted octanol–water partition coefficient (Wildman–Crippen LogP) is 2.09. The fraction of sp³-hybridized carbons (Fsp3) is 0.562. The van der Waals surface area contributed by atoms with Gasteiger partial charge in [-0.1, -0.05) is 17.7 Å². The van der Waals surface area contributed by atoms with Crippen molar-refractivity contribution in [3.63, 3.8) is 0 Å². The van der Waals surface area contributed by atoms with E-state index in [4.69, 9.17) is 4.74 Å². The molecule has 1 amide bonds. The number of aryl methyl sites for hydroxylation is 1. The molecule has 0 aliphatic carbocycles. The molecule has 116 valence electrons. The lowest BCUT2D eigenvalue weighted by Crippen LogP contribution is -2.40. The maximum atomic E-state index is 12.0. The van der Waals surface area contributed by atoms with Crippen molar-refractivity contribution in [2.45, 2.75) is 30.8 Å². The second-order valence-corrected chi connectivity index (χ2v) is 6.40. The Kier molecular flexibility index (Phi) is 6.54. The number of amides is 1.